The van der Waals surface area contributed by atoms with Crippen LogP contribution in [0.1, 0.15) is 28.5 Å². The maximum absolute atomic E-state index is 13.9. The Morgan fingerprint density at radius 3 is 2.49 bits per heavy atom. The average molecular weight is 498 g/mol. The summed E-state index contributed by atoms with van der Waals surface area (Å²) in [7, 11) is 3.24. The number of para-hydroxylation sites is 1. The van der Waals surface area contributed by atoms with Crippen molar-refractivity contribution >= 4 is 22.7 Å². The summed E-state index contributed by atoms with van der Waals surface area (Å²) in [5, 5.41) is 4.06. The number of carbonyl (C=O) groups excluding carboxylic acids is 2. The second kappa shape index (κ2) is 10.0. The molecule has 1 aliphatic rings. The van der Waals surface area contributed by atoms with E-state index >= 15 is 0 Å². The average Bonchev–Trinajstić information content (AvgIpc) is 3.30. The number of carbonyl (C=O) groups is 2. The number of fused-ring (bicyclic) bond motifs is 3. The van der Waals surface area contributed by atoms with Gasteiger partial charge in [0.2, 0.25) is 5.91 Å². The molecule has 7 nitrogen and oxygen atoms in total. The molecule has 7 heteroatoms. The van der Waals surface area contributed by atoms with Crippen LogP contribution in [0.2, 0.25) is 0 Å². The Hall–Kier alpha value is -4.26. The van der Waals surface area contributed by atoms with Crippen LogP contribution in [-0.2, 0) is 24.3 Å². The lowest BCUT2D eigenvalue weighted by atomic mass is 9.93. The Morgan fingerprint density at radius 1 is 0.973 bits per heavy atom. The topological polar surface area (TPSA) is 72.8 Å². The number of ether oxygens (including phenoxy) is 2. The largest absolute Gasteiger partial charge is 0.497 e. The van der Waals surface area contributed by atoms with Crippen LogP contribution in [0.4, 0.5) is 0 Å². The predicted octanol–water partition coefficient (Wildman–Crippen LogP) is 4.43. The highest BCUT2D eigenvalue weighted by molar-refractivity contribution is 6.03. The minimum absolute atomic E-state index is 0.165. The molecule has 1 N–H and O–H groups in total. The Kier molecular flexibility index (Phi) is 6.61. The lowest BCUT2D eigenvalue weighted by molar-refractivity contribution is -0.133. The highest BCUT2D eigenvalue weighted by Gasteiger charge is 2.47. The second-order valence-corrected chi connectivity index (χ2v) is 9.50. The summed E-state index contributed by atoms with van der Waals surface area (Å²) >= 11 is 0. The van der Waals surface area contributed by atoms with E-state index in [4.69, 9.17) is 9.47 Å². The number of aromatic nitrogens is 1. The smallest absolute Gasteiger partial charge is 0.271 e. The van der Waals surface area contributed by atoms with E-state index in [1.54, 1.807) is 19.1 Å². The summed E-state index contributed by atoms with van der Waals surface area (Å²) in [6, 6.07) is 25.2. The quantitative estimate of drug-likeness (QED) is 0.391. The zero-order valence-corrected chi connectivity index (χ0v) is 21.4. The van der Waals surface area contributed by atoms with Crippen LogP contribution >= 0.6 is 0 Å². The van der Waals surface area contributed by atoms with Gasteiger partial charge in [0, 0.05) is 24.0 Å². The first-order chi connectivity index (χ1) is 17.9. The van der Waals surface area contributed by atoms with Crippen molar-refractivity contribution in [2.75, 3.05) is 20.8 Å². The van der Waals surface area contributed by atoms with Crippen molar-refractivity contribution in [3.63, 3.8) is 0 Å². The van der Waals surface area contributed by atoms with E-state index in [0.717, 1.165) is 27.8 Å². The number of nitrogens with zero attached hydrogens (tertiary/aromatic N) is 2. The third kappa shape index (κ3) is 4.53. The molecule has 37 heavy (non-hydrogen) atoms. The first-order valence-corrected chi connectivity index (χ1v) is 12.4. The SMILES string of the molecule is COc1ccc(OC)c(CCN2C(=O)c3cc4ccccc4n3C[C@]2(C)C(=O)NCc2ccccc2)c1. The minimum atomic E-state index is -1.09. The van der Waals surface area contributed by atoms with E-state index in [9.17, 15) is 9.59 Å². The molecule has 1 atom stereocenters. The van der Waals surface area contributed by atoms with Gasteiger partial charge in [-0.1, -0.05) is 48.5 Å². The van der Waals surface area contributed by atoms with E-state index < -0.39 is 5.54 Å². The third-order valence-corrected chi connectivity index (χ3v) is 7.21. The van der Waals surface area contributed by atoms with Crippen LogP contribution in [0.25, 0.3) is 10.9 Å². The Morgan fingerprint density at radius 2 is 1.73 bits per heavy atom. The maximum atomic E-state index is 13.9. The molecule has 2 amide bonds. The lowest BCUT2D eigenvalue weighted by Crippen LogP contribution is -2.64. The molecule has 1 aliphatic heterocycles. The van der Waals surface area contributed by atoms with Gasteiger partial charge < -0.3 is 24.3 Å². The molecule has 4 aromatic rings. The molecule has 0 aliphatic carbocycles. The molecule has 0 unspecified atom stereocenters. The van der Waals surface area contributed by atoms with Gasteiger partial charge in [-0.25, -0.2) is 0 Å². The van der Waals surface area contributed by atoms with E-state index in [2.05, 4.69) is 5.32 Å². The van der Waals surface area contributed by atoms with Gasteiger partial charge in [0.15, 0.2) is 0 Å². The Bertz CT molecular complexity index is 1450. The molecular weight excluding hydrogens is 466 g/mol. The Labute approximate surface area is 216 Å². The summed E-state index contributed by atoms with van der Waals surface area (Å²) in [4.78, 5) is 29.4. The van der Waals surface area contributed by atoms with Crippen LogP contribution in [0.5, 0.6) is 11.5 Å². The Balaban J connectivity index is 1.49. The monoisotopic (exact) mass is 497 g/mol. The number of amides is 2. The molecule has 190 valence electrons. The molecule has 0 spiro atoms. The number of hydrogen-bond acceptors (Lipinski definition) is 4. The summed E-state index contributed by atoms with van der Waals surface area (Å²) in [5.74, 6) is 1.08. The number of methoxy groups -OCH3 is 2. The first kappa shape index (κ1) is 24.4. The first-order valence-electron chi connectivity index (χ1n) is 12.4. The summed E-state index contributed by atoms with van der Waals surface area (Å²) in [5.41, 5.74) is 2.36. The molecule has 0 bridgehead atoms. The normalized spacial score (nSPS) is 16.9. The van der Waals surface area contributed by atoms with Crippen molar-refractivity contribution in [1.82, 2.24) is 14.8 Å². The second-order valence-electron chi connectivity index (χ2n) is 9.50. The van der Waals surface area contributed by atoms with Gasteiger partial charge in [-0.2, -0.15) is 0 Å². The summed E-state index contributed by atoms with van der Waals surface area (Å²) in [6.45, 7) is 2.95. The zero-order valence-electron chi connectivity index (χ0n) is 21.4. The van der Waals surface area contributed by atoms with Gasteiger partial charge in [0.05, 0.1) is 20.8 Å². The number of rotatable bonds is 8. The van der Waals surface area contributed by atoms with Crippen LogP contribution < -0.4 is 14.8 Å². The van der Waals surface area contributed by atoms with Gasteiger partial charge in [-0.3, -0.25) is 9.59 Å². The molecule has 0 radical (unpaired) electrons. The van der Waals surface area contributed by atoms with Crippen molar-refractivity contribution in [2.24, 2.45) is 0 Å². The predicted molar refractivity (Wildman–Crippen MR) is 143 cm³/mol. The highest BCUT2D eigenvalue weighted by atomic mass is 16.5. The van der Waals surface area contributed by atoms with Gasteiger partial charge >= 0.3 is 0 Å². The molecule has 0 fully saturated rings. The molecular formula is C30H31N3O4. The zero-order chi connectivity index (χ0) is 26.0. The van der Waals surface area contributed by atoms with Gasteiger partial charge in [-0.15, -0.1) is 0 Å². The van der Waals surface area contributed by atoms with Gasteiger partial charge in [-0.05, 0) is 54.8 Å². The summed E-state index contributed by atoms with van der Waals surface area (Å²) < 4.78 is 12.9. The fourth-order valence-corrected chi connectivity index (χ4v) is 5.13. The molecule has 1 aromatic heterocycles. The fourth-order valence-electron chi connectivity index (χ4n) is 5.13. The standard InChI is InChI=1S/C30H31N3O4/c1-30(29(35)31-19-21-9-5-4-6-10-21)20-32-25-12-8-7-11-22(25)18-26(32)28(34)33(30)16-15-23-17-24(36-2)13-14-27(23)37-3/h4-14,17-18H,15-16,19-20H2,1-3H3,(H,31,35)/t30-/m1/s1. The number of benzene rings is 3. The molecule has 2 heterocycles. The van der Waals surface area contributed by atoms with Crippen molar-refractivity contribution in [3.8, 4) is 11.5 Å². The molecule has 0 saturated heterocycles. The third-order valence-electron chi connectivity index (χ3n) is 7.21. The molecule has 5 rings (SSSR count). The van der Waals surface area contributed by atoms with Crippen LogP contribution in [0, 0.1) is 0 Å². The number of hydrogen-bond donors (Lipinski definition) is 1. The lowest BCUT2D eigenvalue weighted by Gasteiger charge is -2.44. The molecule has 0 saturated carbocycles. The highest BCUT2D eigenvalue weighted by Crippen LogP contribution is 2.33. The van der Waals surface area contributed by atoms with E-state index in [1.165, 1.54) is 0 Å². The van der Waals surface area contributed by atoms with Crippen molar-refractivity contribution in [2.45, 2.75) is 32.0 Å². The molecule has 3 aromatic carbocycles. The van der Waals surface area contributed by atoms with Gasteiger partial charge in [0.1, 0.15) is 22.7 Å². The van der Waals surface area contributed by atoms with Crippen molar-refractivity contribution in [3.05, 3.63) is 95.7 Å². The number of nitrogens with one attached hydrogen (secondary N) is 1. The van der Waals surface area contributed by atoms with E-state index in [0.29, 0.717) is 37.5 Å². The maximum Gasteiger partial charge on any atom is 0.271 e. The fraction of sp³-hybridized carbons (Fsp3) is 0.267. The van der Waals surface area contributed by atoms with Crippen LogP contribution in [0.15, 0.2) is 78.9 Å². The van der Waals surface area contributed by atoms with Gasteiger partial charge in [0.25, 0.3) is 5.91 Å². The van der Waals surface area contributed by atoms with E-state index in [1.807, 2.05) is 90.4 Å². The van der Waals surface area contributed by atoms with Crippen molar-refractivity contribution < 1.29 is 19.1 Å². The van der Waals surface area contributed by atoms with Crippen LogP contribution in [-0.4, -0.2) is 47.6 Å². The van der Waals surface area contributed by atoms with E-state index in [-0.39, 0.29) is 11.8 Å². The van der Waals surface area contributed by atoms with Crippen molar-refractivity contribution in [1.29, 1.82) is 0 Å². The summed E-state index contributed by atoms with van der Waals surface area (Å²) in [6.07, 6.45) is 0.508. The minimum Gasteiger partial charge on any atom is -0.497 e. The van der Waals surface area contributed by atoms with Crippen LogP contribution in [0.3, 0.4) is 0 Å².